The van der Waals surface area contributed by atoms with Crippen LogP contribution >= 0.6 is 0 Å². The minimum atomic E-state index is -0.759. The fraction of sp³-hybridized carbons (Fsp3) is 0.360. The summed E-state index contributed by atoms with van der Waals surface area (Å²) in [6, 6.07) is 9.46. The van der Waals surface area contributed by atoms with Crippen LogP contribution in [0.5, 0.6) is 5.75 Å². The van der Waals surface area contributed by atoms with Gasteiger partial charge >= 0.3 is 0 Å². The maximum atomic E-state index is 12.8. The Balaban J connectivity index is 1.21. The van der Waals surface area contributed by atoms with E-state index < -0.39 is 28.0 Å². The predicted octanol–water partition coefficient (Wildman–Crippen LogP) is 2.92. The summed E-state index contributed by atoms with van der Waals surface area (Å²) >= 11 is 0. The van der Waals surface area contributed by atoms with Crippen molar-refractivity contribution in [2.45, 2.75) is 38.2 Å². The molecule has 0 aromatic heterocycles. The maximum absolute atomic E-state index is 12.8. The molecule has 2 aromatic rings. The molecule has 10 nitrogen and oxygen atoms in total. The van der Waals surface area contributed by atoms with Gasteiger partial charge in [-0.25, -0.2) is 0 Å². The monoisotopic (exact) mass is 477 g/mol. The number of nitro benzene ring substituents is 1. The first-order valence-electron chi connectivity index (χ1n) is 11.4. The van der Waals surface area contributed by atoms with E-state index in [1.54, 1.807) is 4.90 Å². The number of Topliss-reactive ketones (excluding diaryl/α,β-unsaturated/α-hetero) is 1. The van der Waals surface area contributed by atoms with E-state index in [2.05, 4.69) is 0 Å². The smallest absolute Gasteiger partial charge is 0.282 e. The van der Waals surface area contributed by atoms with Crippen molar-refractivity contribution in [1.29, 1.82) is 0 Å². The molecule has 3 amide bonds. The SMILES string of the molecule is Cc1ccc2c(c1)C(=O)CC1(CCN(C(=O)CCN3C(=O)c4cccc([N+](=O)[O-])c4C3=O)CC1)O2. The van der Waals surface area contributed by atoms with E-state index in [-0.39, 0.29) is 42.2 Å². The van der Waals surface area contributed by atoms with Crippen LogP contribution in [-0.4, -0.2) is 63.5 Å². The zero-order chi connectivity index (χ0) is 24.9. The Labute approximate surface area is 200 Å². The van der Waals surface area contributed by atoms with Gasteiger partial charge in [0.1, 0.15) is 16.9 Å². The fourth-order valence-electron chi connectivity index (χ4n) is 5.09. The zero-order valence-electron chi connectivity index (χ0n) is 19.1. The summed E-state index contributed by atoms with van der Waals surface area (Å²) in [4.78, 5) is 64.0. The summed E-state index contributed by atoms with van der Waals surface area (Å²) in [6.45, 7) is 2.54. The summed E-state index contributed by atoms with van der Waals surface area (Å²) < 4.78 is 6.24. The number of amides is 3. The number of ether oxygens (including phenoxy) is 1. The first-order chi connectivity index (χ1) is 16.7. The highest BCUT2D eigenvalue weighted by Crippen LogP contribution is 2.40. The van der Waals surface area contributed by atoms with Crippen molar-refractivity contribution in [3.8, 4) is 5.75 Å². The van der Waals surface area contributed by atoms with Crippen LogP contribution < -0.4 is 4.74 Å². The third-order valence-corrected chi connectivity index (χ3v) is 7.00. The van der Waals surface area contributed by atoms with Gasteiger partial charge in [0.15, 0.2) is 5.78 Å². The minimum absolute atomic E-state index is 0.0221. The number of rotatable bonds is 4. The molecule has 0 radical (unpaired) electrons. The summed E-state index contributed by atoms with van der Waals surface area (Å²) in [7, 11) is 0. The second-order valence-corrected chi connectivity index (χ2v) is 9.23. The first kappa shape index (κ1) is 22.7. The molecule has 0 atom stereocenters. The number of ketones is 1. The summed E-state index contributed by atoms with van der Waals surface area (Å²) in [5.41, 5.74) is 0.267. The van der Waals surface area contributed by atoms with Gasteiger partial charge in [-0.2, -0.15) is 0 Å². The fourth-order valence-corrected chi connectivity index (χ4v) is 5.09. The predicted molar refractivity (Wildman–Crippen MR) is 122 cm³/mol. The molecule has 2 aromatic carbocycles. The van der Waals surface area contributed by atoms with Crippen molar-refractivity contribution in [1.82, 2.24) is 9.80 Å². The highest BCUT2D eigenvalue weighted by molar-refractivity contribution is 6.23. The molecule has 1 fully saturated rings. The molecule has 0 N–H and O–H groups in total. The van der Waals surface area contributed by atoms with Gasteiger partial charge in [0.05, 0.1) is 22.5 Å². The van der Waals surface area contributed by atoms with E-state index in [0.717, 1.165) is 10.5 Å². The molecule has 3 aliphatic rings. The van der Waals surface area contributed by atoms with Gasteiger partial charge in [0, 0.05) is 45.0 Å². The van der Waals surface area contributed by atoms with E-state index >= 15 is 0 Å². The van der Waals surface area contributed by atoms with Crippen molar-refractivity contribution in [2.24, 2.45) is 0 Å². The standard InChI is InChI=1S/C25H23N3O7/c1-15-5-6-20-17(13-15)19(29)14-25(35-20)8-11-26(12-9-25)21(30)7-10-27-23(31)16-3-2-4-18(28(33)34)22(16)24(27)32/h2-6,13H,7-12,14H2,1H3. The Bertz CT molecular complexity index is 1290. The average molecular weight is 477 g/mol. The molecule has 0 aliphatic carbocycles. The second kappa shape index (κ2) is 8.30. The number of nitrogens with zero attached hydrogens (tertiary/aromatic N) is 3. The van der Waals surface area contributed by atoms with Gasteiger partial charge in [-0.1, -0.05) is 17.7 Å². The first-order valence-corrected chi connectivity index (χ1v) is 11.4. The van der Waals surface area contributed by atoms with Gasteiger partial charge in [-0.3, -0.25) is 34.2 Å². The highest BCUT2D eigenvalue weighted by atomic mass is 16.6. The molecule has 3 heterocycles. The van der Waals surface area contributed by atoms with E-state index in [1.165, 1.54) is 18.2 Å². The van der Waals surface area contributed by atoms with Crippen LogP contribution in [0.25, 0.3) is 0 Å². The Morgan fingerprint density at radius 1 is 1.09 bits per heavy atom. The van der Waals surface area contributed by atoms with Gasteiger partial charge in [-0.15, -0.1) is 0 Å². The number of fused-ring (bicyclic) bond motifs is 2. The summed E-state index contributed by atoms with van der Waals surface area (Å²) in [5.74, 6) is -1.02. The van der Waals surface area contributed by atoms with E-state index in [4.69, 9.17) is 4.74 Å². The van der Waals surface area contributed by atoms with Crippen LogP contribution in [0.2, 0.25) is 0 Å². The molecule has 1 saturated heterocycles. The Morgan fingerprint density at radius 3 is 2.54 bits per heavy atom. The lowest BCUT2D eigenvalue weighted by atomic mass is 9.82. The number of carbonyl (C=O) groups excluding carboxylic acids is 4. The summed E-state index contributed by atoms with van der Waals surface area (Å²) in [6.07, 6.45) is 1.17. The number of piperidine rings is 1. The highest BCUT2D eigenvalue weighted by Gasteiger charge is 2.44. The molecular weight excluding hydrogens is 454 g/mol. The maximum Gasteiger partial charge on any atom is 0.282 e. The normalized spacial score (nSPS) is 18.4. The zero-order valence-corrected chi connectivity index (χ0v) is 19.1. The van der Waals surface area contributed by atoms with Crippen LogP contribution in [0.4, 0.5) is 5.69 Å². The number of hydrogen-bond acceptors (Lipinski definition) is 7. The molecule has 0 unspecified atom stereocenters. The lowest BCUT2D eigenvalue weighted by molar-refractivity contribution is -0.385. The van der Waals surface area contributed by atoms with Crippen molar-refractivity contribution in [3.63, 3.8) is 0 Å². The Morgan fingerprint density at radius 2 is 1.83 bits per heavy atom. The molecule has 10 heteroatoms. The number of carbonyl (C=O) groups is 4. The van der Waals surface area contributed by atoms with Crippen LogP contribution in [0.15, 0.2) is 36.4 Å². The second-order valence-electron chi connectivity index (χ2n) is 9.23. The van der Waals surface area contributed by atoms with E-state index in [9.17, 15) is 29.3 Å². The number of likely N-dealkylation sites (tertiary alicyclic amines) is 1. The Hall–Kier alpha value is -4.08. The Kier molecular flexibility index (Phi) is 5.38. The van der Waals surface area contributed by atoms with Crippen molar-refractivity contribution in [3.05, 3.63) is 68.8 Å². The molecule has 1 spiro atoms. The minimum Gasteiger partial charge on any atom is -0.486 e. The molecule has 5 rings (SSSR count). The molecule has 0 saturated carbocycles. The molecule has 3 aliphatic heterocycles. The molecule has 180 valence electrons. The third kappa shape index (κ3) is 3.84. The van der Waals surface area contributed by atoms with Crippen molar-refractivity contribution >= 4 is 29.2 Å². The van der Waals surface area contributed by atoms with Gasteiger partial charge in [-0.05, 0) is 25.1 Å². The van der Waals surface area contributed by atoms with E-state index in [1.807, 2.05) is 25.1 Å². The number of benzene rings is 2. The van der Waals surface area contributed by atoms with Gasteiger partial charge < -0.3 is 9.64 Å². The number of imide groups is 1. The van der Waals surface area contributed by atoms with Crippen molar-refractivity contribution < 1.29 is 28.8 Å². The molecule has 0 bridgehead atoms. The van der Waals surface area contributed by atoms with Gasteiger partial charge in [0.25, 0.3) is 17.5 Å². The molecular formula is C25H23N3O7. The van der Waals surface area contributed by atoms with Crippen LogP contribution in [0.3, 0.4) is 0 Å². The van der Waals surface area contributed by atoms with Gasteiger partial charge in [0.2, 0.25) is 5.91 Å². The topological polar surface area (TPSA) is 127 Å². The quantitative estimate of drug-likeness (QED) is 0.376. The third-order valence-electron chi connectivity index (χ3n) is 7.00. The van der Waals surface area contributed by atoms with Crippen LogP contribution in [0.1, 0.15) is 62.3 Å². The van der Waals surface area contributed by atoms with E-state index in [0.29, 0.717) is 37.2 Å². The number of aryl methyl sites for hydroxylation is 1. The van der Waals surface area contributed by atoms with Crippen LogP contribution in [-0.2, 0) is 4.79 Å². The molecule has 35 heavy (non-hydrogen) atoms. The number of nitro groups is 1. The van der Waals surface area contributed by atoms with Crippen LogP contribution in [0, 0.1) is 17.0 Å². The van der Waals surface area contributed by atoms with Crippen molar-refractivity contribution in [2.75, 3.05) is 19.6 Å². The lowest BCUT2D eigenvalue weighted by Gasteiger charge is -2.44. The largest absolute Gasteiger partial charge is 0.486 e. The number of hydrogen-bond donors (Lipinski definition) is 0. The lowest BCUT2D eigenvalue weighted by Crippen LogP contribution is -2.52. The average Bonchev–Trinajstić information content (AvgIpc) is 3.08. The summed E-state index contributed by atoms with van der Waals surface area (Å²) in [5, 5.41) is 11.3.